The summed E-state index contributed by atoms with van der Waals surface area (Å²) in [5.74, 6) is 0.404. The van der Waals surface area contributed by atoms with E-state index >= 15 is 0 Å². The minimum atomic E-state index is 0.404. The Morgan fingerprint density at radius 1 is 1.22 bits per heavy atom. The van der Waals surface area contributed by atoms with Crippen LogP contribution in [0.15, 0.2) is 61.3 Å². The van der Waals surface area contributed by atoms with Gasteiger partial charge in [-0.05, 0) is 35.2 Å². The first kappa shape index (κ1) is 14.3. The number of fused-ring (bicyclic) bond motifs is 3. The number of aryl methyl sites for hydroxylation is 1. The van der Waals surface area contributed by atoms with E-state index in [2.05, 4.69) is 78.1 Å². The van der Waals surface area contributed by atoms with Crippen LogP contribution >= 0.6 is 0 Å². The van der Waals surface area contributed by atoms with Crippen LogP contribution in [-0.4, -0.2) is 16.4 Å². The summed E-state index contributed by atoms with van der Waals surface area (Å²) < 4.78 is 0. The van der Waals surface area contributed by atoms with Gasteiger partial charge >= 0.3 is 0 Å². The highest BCUT2D eigenvalue weighted by Crippen LogP contribution is 2.35. The van der Waals surface area contributed by atoms with E-state index in [0.29, 0.717) is 5.92 Å². The Bertz CT molecular complexity index is 845. The molecule has 0 saturated heterocycles. The van der Waals surface area contributed by atoms with Crippen LogP contribution in [0.3, 0.4) is 0 Å². The number of hydrogen-bond donors (Lipinski definition) is 1. The van der Waals surface area contributed by atoms with Crippen molar-refractivity contribution in [1.82, 2.24) is 9.88 Å². The molecule has 1 aliphatic heterocycles. The number of aromatic nitrogens is 1. The molecule has 116 valence electrons. The fraction of sp³-hybridized carbons (Fsp3) is 0.238. The molecule has 2 aromatic carbocycles. The minimum absolute atomic E-state index is 0.404. The zero-order chi connectivity index (χ0) is 15.8. The molecule has 0 spiro atoms. The normalized spacial score (nSPS) is 18.0. The standard InChI is InChI=1S/C21H22N2/c1-3-17-13-23(12-16-7-5-4-6-8-16)14-19-18(17)9-10-20-21(19)15(2)11-22-20/h3-11,17,22H,1,12-14H2,2H3/t17-/m0/s1. The van der Waals surface area contributed by atoms with Gasteiger partial charge in [0, 0.05) is 42.7 Å². The van der Waals surface area contributed by atoms with Crippen molar-refractivity contribution in [2.24, 2.45) is 0 Å². The van der Waals surface area contributed by atoms with Gasteiger partial charge in [-0.3, -0.25) is 4.90 Å². The SMILES string of the molecule is C=C[C@H]1CN(Cc2ccccc2)Cc2c1ccc1[nH]cc(C)c21. The average Bonchev–Trinajstić information content (AvgIpc) is 2.97. The molecule has 23 heavy (non-hydrogen) atoms. The maximum absolute atomic E-state index is 4.08. The van der Waals surface area contributed by atoms with Crippen molar-refractivity contribution in [3.05, 3.63) is 83.6 Å². The zero-order valence-electron chi connectivity index (χ0n) is 13.5. The van der Waals surface area contributed by atoms with Gasteiger partial charge in [-0.15, -0.1) is 6.58 Å². The first-order valence-corrected chi connectivity index (χ1v) is 8.24. The largest absolute Gasteiger partial charge is 0.361 e. The minimum Gasteiger partial charge on any atom is -0.361 e. The fourth-order valence-corrected chi connectivity index (χ4v) is 3.84. The highest BCUT2D eigenvalue weighted by Gasteiger charge is 2.25. The Morgan fingerprint density at radius 3 is 2.83 bits per heavy atom. The molecule has 2 heteroatoms. The molecule has 0 amide bonds. The summed E-state index contributed by atoms with van der Waals surface area (Å²) in [5, 5.41) is 1.40. The molecule has 2 heterocycles. The van der Waals surface area contributed by atoms with Gasteiger partial charge in [0.2, 0.25) is 0 Å². The first-order chi connectivity index (χ1) is 11.3. The molecule has 3 aromatic rings. The number of hydrogen-bond acceptors (Lipinski definition) is 1. The summed E-state index contributed by atoms with van der Waals surface area (Å²) >= 11 is 0. The molecule has 1 aliphatic rings. The van der Waals surface area contributed by atoms with Gasteiger partial charge in [-0.2, -0.15) is 0 Å². The fourth-order valence-electron chi connectivity index (χ4n) is 3.84. The number of aromatic amines is 1. The number of benzene rings is 2. The lowest BCUT2D eigenvalue weighted by atomic mass is 9.87. The van der Waals surface area contributed by atoms with Crippen LogP contribution in [0.1, 0.15) is 28.2 Å². The number of H-pyrrole nitrogens is 1. The van der Waals surface area contributed by atoms with Crippen LogP contribution in [0.4, 0.5) is 0 Å². The van der Waals surface area contributed by atoms with Crippen molar-refractivity contribution in [3.8, 4) is 0 Å². The molecular weight excluding hydrogens is 280 g/mol. The van der Waals surface area contributed by atoms with Crippen molar-refractivity contribution in [2.45, 2.75) is 25.9 Å². The summed E-state index contributed by atoms with van der Waals surface area (Å²) in [5.41, 5.74) is 6.86. The zero-order valence-corrected chi connectivity index (χ0v) is 13.5. The van der Waals surface area contributed by atoms with Crippen molar-refractivity contribution in [3.63, 3.8) is 0 Å². The highest BCUT2D eigenvalue weighted by molar-refractivity contribution is 5.88. The molecule has 1 aromatic heterocycles. The van der Waals surface area contributed by atoms with Gasteiger partial charge in [-0.1, -0.05) is 42.5 Å². The Labute approximate surface area is 137 Å². The third-order valence-electron chi connectivity index (χ3n) is 4.96. The summed E-state index contributed by atoms with van der Waals surface area (Å²) in [6, 6.07) is 15.2. The molecule has 0 aliphatic carbocycles. The van der Waals surface area contributed by atoms with Crippen LogP contribution in [0.2, 0.25) is 0 Å². The molecular formula is C21H22N2. The van der Waals surface area contributed by atoms with Crippen molar-refractivity contribution >= 4 is 10.9 Å². The lowest BCUT2D eigenvalue weighted by Gasteiger charge is -2.34. The summed E-state index contributed by atoms with van der Waals surface area (Å²) in [4.78, 5) is 5.93. The maximum Gasteiger partial charge on any atom is 0.0460 e. The molecule has 0 saturated carbocycles. The second-order valence-corrected chi connectivity index (χ2v) is 6.53. The molecule has 2 nitrogen and oxygen atoms in total. The van der Waals surface area contributed by atoms with Crippen molar-refractivity contribution in [1.29, 1.82) is 0 Å². The van der Waals surface area contributed by atoms with E-state index < -0.39 is 0 Å². The molecule has 0 fully saturated rings. The number of nitrogens with zero attached hydrogens (tertiary/aromatic N) is 1. The average molecular weight is 302 g/mol. The van der Waals surface area contributed by atoms with Crippen LogP contribution in [-0.2, 0) is 13.1 Å². The van der Waals surface area contributed by atoms with E-state index in [9.17, 15) is 0 Å². The van der Waals surface area contributed by atoms with Crippen molar-refractivity contribution < 1.29 is 0 Å². The third-order valence-corrected chi connectivity index (χ3v) is 4.96. The van der Waals surface area contributed by atoms with Crippen molar-refractivity contribution in [2.75, 3.05) is 6.54 Å². The third kappa shape index (κ3) is 2.49. The summed E-state index contributed by atoms with van der Waals surface area (Å²) in [6.07, 6.45) is 4.22. The van der Waals surface area contributed by atoms with E-state index in [0.717, 1.165) is 19.6 Å². The Hall–Kier alpha value is -2.32. The van der Waals surface area contributed by atoms with E-state index in [4.69, 9.17) is 0 Å². The highest BCUT2D eigenvalue weighted by atomic mass is 15.1. The second kappa shape index (κ2) is 5.71. The monoisotopic (exact) mass is 302 g/mol. The van der Waals surface area contributed by atoms with Gasteiger partial charge in [0.05, 0.1) is 0 Å². The maximum atomic E-state index is 4.08. The smallest absolute Gasteiger partial charge is 0.0460 e. The summed E-state index contributed by atoms with van der Waals surface area (Å²) in [6.45, 7) is 9.31. The first-order valence-electron chi connectivity index (χ1n) is 8.24. The van der Waals surface area contributed by atoms with Crippen LogP contribution in [0.5, 0.6) is 0 Å². The van der Waals surface area contributed by atoms with Gasteiger partial charge in [0.25, 0.3) is 0 Å². The van der Waals surface area contributed by atoms with Crippen LogP contribution in [0, 0.1) is 6.92 Å². The molecule has 0 radical (unpaired) electrons. The Kier molecular flexibility index (Phi) is 3.55. The number of rotatable bonds is 3. The van der Waals surface area contributed by atoms with Gasteiger partial charge in [0.1, 0.15) is 0 Å². The molecule has 4 rings (SSSR count). The lowest BCUT2D eigenvalue weighted by Crippen LogP contribution is -2.32. The molecule has 0 bridgehead atoms. The van der Waals surface area contributed by atoms with E-state index in [1.807, 2.05) is 0 Å². The van der Waals surface area contributed by atoms with E-state index in [1.54, 1.807) is 0 Å². The topological polar surface area (TPSA) is 19.0 Å². The van der Waals surface area contributed by atoms with E-state index in [1.165, 1.54) is 33.2 Å². The predicted molar refractivity (Wildman–Crippen MR) is 96.5 cm³/mol. The molecule has 1 atom stereocenters. The van der Waals surface area contributed by atoms with Crippen LogP contribution < -0.4 is 0 Å². The predicted octanol–water partition coefficient (Wildman–Crippen LogP) is 4.76. The van der Waals surface area contributed by atoms with E-state index in [-0.39, 0.29) is 0 Å². The van der Waals surface area contributed by atoms with Gasteiger partial charge in [-0.25, -0.2) is 0 Å². The Balaban J connectivity index is 1.75. The Morgan fingerprint density at radius 2 is 2.04 bits per heavy atom. The molecule has 0 unspecified atom stereocenters. The lowest BCUT2D eigenvalue weighted by molar-refractivity contribution is 0.235. The quantitative estimate of drug-likeness (QED) is 0.691. The van der Waals surface area contributed by atoms with Gasteiger partial charge in [0.15, 0.2) is 0 Å². The van der Waals surface area contributed by atoms with Crippen LogP contribution in [0.25, 0.3) is 10.9 Å². The summed E-state index contributed by atoms with van der Waals surface area (Å²) in [7, 11) is 0. The van der Waals surface area contributed by atoms with Gasteiger partial charge < -0.3 is 4.98 Å². The number of nitrogens with one attached hydrogen (secondary N) is 1. The second-order valence-electron chi connectivity index (χ2n) is 6.53. The molecule has 1 N–H and O–H groups in total.